The second kappa shape index (κ2) is 19.8. The van der Waals surface area contributed by atoms with E-state index in [0.717, 1.165) is 11.3 Å². The molecule has 24 heteroatoms. The molecule has 350 valence electrons. The number of primary sulfonamides is 1. The quantitative estimate of drug-likeness (QED) is 0.0324. The number of likely N-dealkylation sites (tertiary alicyclic amines) is 1. The summed E-state index contributed by atoms with van der Waals surface area (Å²) >= 11 is 7.57. The summed E-state index contributed by atoms with van der Waals surface area (Å²) in [5, 5.41) is 39.6. The van der Waals surface area contributed by atoms with Crippen molar-refractivity contribution in [2.24, 2.45) is 5.14 Å². The van der Waals surface area contributed by atoms with E-state index in [1.807, 2.05) is 0 Å². The number of thiophene rings is 1. The van der Waals surface area contributed by atoms with Gasteiger partial charge >= 0.3 is 5.97 Å². The molecule has 2 atom stereocenters. The third-order valence-electron chi connectivity index (χ3n) is 10.9. The minimum atomic E-state index is -4.23. The van der Waals surface area contributed by atoms with Crippen molar-refractivity contribution in [3.63, 3.8) is 0 Å². The fourth-order valence-corrected chi connectivity index (χ4v) is 10.3. The summed E-state index contributed by atoms with van der Waals surface area (Å²) in [5.41, 5.74) is 0.888. The summed E-state index contributed by atoms with van der Waals surface area (Å²) in [6.45, 7) is 1.14. The minimum absolute atomic E-state index is 0.0415. The van der Waals surface area contributed by atoms with Crippen LogP contribution in [0.25, 0.3) is 0 Å². The first-order valence-electron chi connectivity index (χ1n) is 20.4. The Morgan fingerprint density at radius 2 is 1.63 bits per heavy atom. The number of fused-ring (bicyclic) bond motifs is 6. The molecule has 5 aromatic rings. The van der Waals surface area contributed by atoms with Crippen LogP contribution >= 0.6 is 35.3 Å². The number of phenols is 2. The molecule has 1 spiro atoms. The largest absolute Gasteiger partial charge is 0.508 e. The number of nitrogens with zero attached hydrogens (tertiary/aromatic N) is 3. The molecule has 67 heavy (non-hydrogen) atoms. The van der Waals surface area contributed by atoms with Crippen LogP contribution in [0.2, 0.25) is 0 Å². The Labute approximate surface area is 396 Å². The summed E-state index contributed by atoms with van der Waals surface area (Å²) in [6.07, 6.45) is 4.65. The van der Waals surface area contributed by atoms with Gasteiger partial charge in [-0.2, -0.15) is 0 Å². The molecule has 1 fully saturated rings. The Kier molecular flexibility index (Phi) is 13.9. The van der Waals surface area contributed by atoms with E-state index >= 15 is 0 Å². The van der Waals surface area contributed by atoms with E-state index in [1.54, 1.807) is 36.6 Å². The van der Waals surface area contributed by atoms with Crippen molar-refractivity contribution in [2.75, 3.05) is 57.6 Å². The number of sulfonamides is 1. The number of carbonyl (C=O) groups is 4. The first kappa shape index (κ1) is 47.1. The number of phenolic OH excluding ortho intramolecular Hbond substituents is 2. The van der Waals surface area contributed by atoms with Gasteiger partial charge in [0.25, 0.3) is 11.8 Å². The molecule has 3 aliphatic heterocycles. The second-order valence-corrected chi connectivity index (χ2v) is 19.1. The normalized spacial score (nSPS) is 16.6. The van der Waals surface area contributed by atoms with Crippen molar-refractivity contribution >= 4 is 79.8 Å². The predicted molar refractivity (Wildman–Crippen MR) is 247 cm³/mol. The fourth-order valence-electron chi connectivity index (χ4n) is 7.94. The van der Waals surface area contributed by atoms with Gasteiger partial charge in [-0.3, -0.25) is 19.4 Å². The van der Waals surface area contributed by atoms with Gasteiger partial charge < -0.3 is 55.3 Å². The van der Waals surface area contributed by atoms with E-state index in [1.165, 1.54) is 64.8 Å². The molecular formula is C43H42N8O12S4. The van der Waals surface area contributed by atoms with E-state index in [2.05, 4.69) is 31.2 Å². The predicted octanol–water partition coefficient (Wildman–Crippen LogP) is 3.04. The Morgan fingerprint density at radius 3 is 2.30 bits per heavy atom. The zero-order valence-electron chi connectivity index (χ0n) is 35.3. The van der Waals surface area contributed by atoms with E-state index in [9.17, 15) is 37.8 Å². The van der Waals surface area contributed by atoms with Crippen LogP contribution in [-0.4, -0.2) is 127 Å². The lowest BCUT2D eigenvalue weighted by atomic mass is 9.77. The van der Waals surface area contributed by atoms with Crippen molar-refractivity contribution in [3.8, 4) is 23.0 Å². The number of ether oxygens (including phenoxy) is 4. The number of amides is 3. The van der Waals surface area contributed by atoms with Gasteiger partial charge in [0, 0.05) is 60.2 Å². The molecule has 5 heterocycles. The summed E-state index contributed by atoms with van der Waals surface area (Å²) in [7, 11) is -4.23. The molecule has 20 nitrogen and oxygen atoms in total. The smallest absolute Gasteiger partial charge is 0.340 e. The van der Waals surface area contributed by atoms with Crippen molar-refractivity contribution < 1.29 is 56.8 Å². The number of rotatable bonds is 16. The minimum Gasteiger partial charge on any atom is -0.508 e. The maximum Gasteiger partial charge on any atom is 0.340 e. The number of aromatic nitrogens is 2. The highest BCUT2D eigenvalue weighted by Gasteiger charge is 2.54. The monoisotopic (exact) mass is 990 g/mol. The number of aromatic hydroxyl groups is 2. The van der Waals surface area contributed by atoms with Gasteiger partial charge in [-0.1, -0.05) is 6.07 Å². The first-order valence-corrected chi connectivity index (χ1v) is 24.5. The van der Waals surface area contributed by atoms with E-state index in [0.29, 0.717) is 39.5 Å². The van der Waals surface area contributed by atoms with E-state index in [-0.39, 0.29) is 89.5 Å². The fraction of sp³-hybridized carbons (Fsp3) is 0.279. The molecule has 0 bridgehead atoms. The number of carbonyl (C=O) groups excluding carboxylic acids is 4. The lowest BCUT2D eigenvalue weighted by Crippen LogP contribution is -2.47. The highest BCUT2D eigenvalue weighted by atomic mass is 32.2. The first-order chi connectivity index (χ1) is 32.2. The van der Waals surface area contributed by atoms with Crippen LogP contribution in [0.1, 0.15) is 54.3 Å². The topological polar surface area (TPSA) is 283 Å². The number of esters is 1. The van der Waals surface area contributed by atoms with Crippen LogP contribution in [0.5, 0.6) is 23.0 Å². The van der Waals surface area contributed by atoms with Gasteiger partial charge in [-0.25, -0.2) is 23.3 Å². The molecule has 3 amide bonds. The van der Waals surface area contributed by atoms with Crippen molar-refractivity contribution in [2.45, 2.75) is 33.3 Å². The third kappa shape index (κ3) is 10.00. The summed E-state index contributed by atoms with van der Waals surface area (Å²) in [6, 6.07) is 13.8. The summed E-state index contributed by atoms with van der Waals surface area (Å²) < 4.78 is 47.5. The number of benzene rings is 3. The van der Waals surface area contributed by atoms with Crippen molar-refractivity contribution in [1.82, 2.24) is 30.8 Å². The number of nitrogens with one attached hydrogen (secondary N) is 4. The van der Waals surface area contributed by atoms with Gasteiger partial charge in [-0.05, 0) is 72.7 Å². The van der Waals surface area contributed by atoms with Crippen molar-refractivity contribution in [3.05, 3.63) is 112 Å². The second-order valence-electron chi connectivity index (χ2n) is 15.2. The molecule has 0 aliphatic carbocycles. The van der Waals surface area contributed by atoms with Crippen LogP contribution in [-0.2, 0) is 34.6 Å². The number of hydrogen-bond acceptors (Lipinski definition) is 17. The zero-order chi connectivity index (χ0) is 47.5. The average molecular weight is 991 g/mol. The van der Waals surface area contributed by atoms with Crippen molar-refractivity contribution in [1.29, 1.82) is 0 Å². The molecule has 0 unspecified atom stereocenters. The van der Waals surface area contributed by atoms with Crippen LogP contribution in [0.15, 0.2) is 87.7 Å². The number of thioether (sulfide) groups is 1. The standard InChI is InChI=1S/C43H42N8O12S4/c1-65-36-21-45-20-32(50-36)37(54)48-24-17-33(51(22-24)39(56)27-8-15-66-41(27)67(44,58)59)38(55)46-9-11-60-13-14-61-12-10-47-42(64)49-23-2-5-29-28(16-23)40(57)63-43(29)30-6-3-25(52)18-34(30)62-35-19-26(53)4-7-31(35)43/h2-8,15-16,18-21,24,33,52-53H,9-14,17,22H2,1H3,(H,46,55)(H,48,54)(H2,44,58,59)(H2,47,49,64)/t24-,33+/m1/s1. The van der Waals surface area contributed by atoms with Gasteiger partial charge in [0.15, 0.2) is 10.7 Å². The highest BCUT2D eigenvalue weighted by Crippen LogP contribution is 2.57. The lowest BCUT2D eigenvalue weighted by Gasteiger charge is -2.36. The Balaban J connectivity index is 0.779. The van der Waals surface area contributed by atoms with E-state index < -0.39 is 51.4 Å². The molecule has 1 saturated heterocycles. The van der Waals surface area contributed by atoms with Gasteiger partial charge in [0.05, 0.1) is 49.9 Å². The maximum atomic E-state index is 13.7. The van der Waals surface area contributed by atoms with Gasteiger partial charge in [0.1, 0.15) is 44.0 Å². The molecule has 0 saturated carbocycles. The highest BCUT2D eigenvalue weighted by molar-refractivity contribution is 7.98. The average Bonchev–Trinajstić information content (AvgIpc) is 4.04. The molecule has 2 aromatic heterocycles. The van der Waals surface area contributed by atoms with Crippen LogP contribution in [0.4, 0.5) is 5.69 Å². The Hall–Kier alpha value is -6.41. The van der Waals surface area contributed by atoms with Gasteiger partial charge in [-0.15, -0.1) is 23.1 Å². The summed E-state index contributed by atoms with van der Waals surface area (Å²) in [5.74, 6) is -1.92. The van der Waals surface area contributed by atoms with Crippen LogP contribution in [0, 0.1) is 0 Å². The Bertz CT molecular complexity index is 2830. The van der Waals surface area contributed by atoms with Gasteiger partial charge in [0.2, 0.25) is 15.9 Å². The zero-order valence-corrected chi connectivity index (χ0v) is 38.6. The number of nitrogens with two attached hydrogens (primary N) is 1. The molecule has 8 N–H and O–H groups in total. The SMILES string of the molecule is CSc1cncc(C(=O)N[C@@H]2C[C@@H](C(=O)NCCOCCOCCNC(=S)Nc3ccc4c(c3)C(=O)OC43c4ccc(O)cc4Oc4cc(O)ccc43)N(C(=O)c3ccsc3S(N)(=O)=O)C2)n1. The third-order valence-corrected chi connectivity index (χ3v) is 14.1. The molecule has 3 aromatic carbocycles. The van der Waals surface area contributed by atoms with E-state index in [4.69, 9.17) is 36.3 Å². The lowest BCUT2D eigenvalue weighted by molar-refractivity contribution is -0.125. The molecule has 3 aliphatic rings. The molecular weight excluding hydrogens is 949 g/mol. The number of thiocarbonyl (C=S) groups is 1. The Morgan fingerprint density at radius 1 is 0.955 bits per heavy atom. The summed E-state index contributed by atoms with van der Waals surface area (Å²) in [4.78, 5) is 63.2. The van der Waals surface area contributed by atoms with Crippen LogP contribution < -0.4 is 31.1 Å². The maximum absolute atomic E-state index is 13.7. The molecule has 8 rings (SSSR count). The van der Waals surface area contributed by atoms with Crippen LogP contribution in [0.3, 0.4) is 0 Å². The number of hydrogen-bond donors (Lipinski definition) is 7. The number of anilines is 1. The molecule has 0 radical (unpaired) electrons.